The Morgan fingerprint density at radius 2 is 2.10 bits per heavy atom. The molecule has 0 saturated carbocycles. The van der Waals surface area contributed by atoms with E-state index in [2.05, 4.69) is 9.72 Å². The van der Waals surface area contributed by atoms with Crippen molar-refractivity contribution in [3.8, 4) is 11.5 Å². The number of methoxy groups -OCH3 is 1. The van der Waals surface area contributed by atoms with Crippen LogP contribution in [0.5, 0.6) is 11.5 Å². The fourth-order valence-electron chi connectivity index (χ4n) is 1.64. The van der Waals surface area contributed by atoms with Gasteiger partial charge in [0.1, 0.15) is 6.10 Å². The molecule has 2 rings (SSSR count). The number of anilines is 1. The third-order valence-corrected chi connectivity index (χ3v) is 3.41. The molecule has 1 aromatic carbocycles. The Bertz CT molecular complexity index is 592. The molecule has 1 heterocycles. The Labute approximate surface area is 117 Å². The highest BCUT2D eigenvalue weighted by Gasteiger charge is 2.17. The van der Waals surface area contributed by atoms with Crippen LogP contribution >= 0.6 is 11.3 Å². The van der Waals surface area contributed by atoms with Crippen LogP contribution in [0, 0.1) is 0 Å². The van der Waals surface area contributed by atoms with Gasteiger partial charge in [-0.2, -0.15) is 8.78 Å². The SMILES string of the molecule is COc1ccc(C(O)c2cnc(N)s2)cc1OC(F)F. The minimum atomic E-state index is -2.98. The number of nitrogens with zero attached hydrogens (tertiary/aromatic N) is 1. The molecule has 2 aromatic rings. The van der Waals surface area contributed by atoms with Crippen LogP contribution in [0.1, 0.15) is 16.5 Å². The Morgan fingerprint density at radius 1 is 1.35 bits per heavy atom. The molecule has 0 aliphatic carbocycles. The van der Waals surface area contributed by atoms with Gasteiger partial charge in [0, 0.05) is 6.20 Å². The Morgan fingerprint density at radius 3 is 2.65 bits per heavy atom. The molecule has 1 aromatic heterocycles. The highest BCUT2D eigenvalue weighted by molar-refractivity contribution is 7.15. The molecule has 1 atom stereocenters. The lowest BCUT2D eigenvalue weighted by molar-refractivity contribution is -0.0513. The molecule has 108 valence electrons. The summed E-state index contributed by atoms with van der Waals surface area (Å²) in [4.78, 5) is 4.34. The van der Waals surface area contributed by atoms with Crippen LogP contribution < -0.4 is 15.2 Å². The molecular weight excluding hydrogens is 290 g/mol. The minimum absolute atomic E-state index is 0.142. The number of alkyl halides is 2. The minimum Gasteiger partial charge on any atom is -0.493 e. The van der Waals surface area contributed by atoms with E-state index in [-0.39, 0.29) is 11.5 Å². The van der Waals surface area contributed by atoms with Crippen molar-refractivity contribution in [1.82, 2.24) is 4.98 Å². The van der Waals surface area contributed by atoms with Crippen LogP contribution in [0.25, 0.3) is 0 Å². The van der Waals surface area contributed by atoms with E-state index in [1.807, 2.05) is 0 Å². The number of hydrogen-bond donors (Lipinski definition) is 2. The first-order valence-electron chi connectivity index (χ1n) is 5.53. The lowest BCUT2D eigenvalue weighted by atomic mass is 10.1. The summed E-state index contributed by atoms with van der Waals surface area (Å²) >= 11 is 1.12. The van der Waals surface area contributed by atoms with Gasteiger partial charge in [-0.1, -0.05) is 17.4 Å². The van der Waals surface area contributed by atoms with Gasteiger partial charge in [-0.25, -0.2) is 4.98 Å². The lowest BCUT2D eigenvalue weighted by Gasteiger charge is -2.14. The van der Waals surface area contributed by atoms with E-state index in [0.717, 1.165) is 11.3 Å². The maximum atomic E-state index is 12.3. The third-order valence-electron chi connectivity index (χ3n) is 2.53. The number of benzene rings is 1. The van der Waals surface area contributed by atoms with Crippen molar-refractivity contribution in [2.45, 2.75) is 12.7 Å². The van der Waals surface area contributed by atoms with E-state index < -0.39 is 12.7 Å². The fourth-order valence-corrected chi connectivity index (χ4v) is 2.34. The number of aromatic nitrogens is 1. The van der Waals surface area contributed by atoms with Crippen LogP contribution in [-0.4, -0.2) is 23.8 Å². The molecule has 0 fully saturated rings. The van der Waals surface area contributed by atoms with Crippen LogP contribution in [0.2, 0.25) is 0 Å². The molecule has 0 saturated heterocycles. The number of aliphatic hydroxyl groups excluding tert-OH is 1. The normalized spacial score (nSPS) is 12.4. The molecule has 3 N–H and O–H groups in total. The van der Waals surface area contributed by atoms with Crippen LogP contribution in [-0.2, 0) is 0 Å². The van der Waals surface area contributed by atoms with Gasteiger partial charge in [-0.05, 0) is 17.7 Å². The number of hydrogen-bond acceptors (Lipinski definition) is 6. The standard InChI is InChI=1S/C12H12F2N2O3S/c1-18-7-3-2-6(4-8(7)19-11(13)14)10(17)9-5-16-12(15)20-9/h2-5,10-11,17H,1H3,(H2,15,16). The van der Waals surface area contributed by atoms with E-state index >= 15 is 0 Å². The van der Waals surface area contributed by atoms with Gasteiger partial charge in [0.25, 0.3) is 0 Å². The number of nitrogen functional groups attached to an aromatic ring is 1. The van der Waals surface area contributed by atoms with Crippen molar-refractivity contribution in [2.75, 3.05) is 12.8 Å². The number of ether oxygens (including phenoxy) is 2. The number of nitrogens with two attached hydrogens (primary N) is 1. The van der Waals surface area contributed by atoms with Gasteiger partial charge in [-0.15, -0.1) is 0 Å². The Balaban J connectivity index is 2.32. The van der Waals surface area contributed by atoms with Crippen molar-refractivity contribution < 1.29 is 23.4 Å². The first-order chi connectivity index (χ1) is 9.51. The van der Waals surface area contributed by atoms with Crippen molar-refractivity contribution in [1.29, 1.82) is 0 Å². The number of halogens is 2. The summed E-state index contributed by atoms with van der Waals surface area (Å²) in [6.45, 7) is -2.98. The highest BCUT2D eigenvalue weighted by atomic mass is 32.1. The van der Waals surface area contributed by atoms with Gasteiger partial charge >= 0.3 is 6.61 Å². The topological polar surface area (TPSA) is 77.6 Å². The van der Waals surface area contributed by atoms with Crippen LogP contribution in [0.15, 0.2) is 24.4 Å². The van der Waals surface area contributed by atoms with Crippen molar-refractivity contribution >= 4 is 16.5 Å². The van der Waals surface area contributed by atoms with Gasteiger partial charge in [-0.3, -0.25) is 0 Å². The Kier molecular flexibility index (Phi) is 4.35. The molecule has 0 spiro atoms. The van der Waals surface area contributed by atoms with E-state index in [4.69, 9.17) is 10.5 Å². The summed E-state index contributed by atoms with van der Waals surface area (Å²) in [5, 5.41) is 10.5. The first-order valence-corrected chi connectivity index (χ1v) is 6.35. The third kappa shape index (κ3) is 3.14. The summed E-state index contributed by atoms with van der Waals surface area (Å²) in [7, 11) is 1.34. The van der Waals surface area contributed by atoms with Crippen molar-refractivity contribution in [3.63, 3.8) is 0 Å². The molecule has 1 unspecified atom stereocenters. The maximum Gasteiger partial charge on any atom is 0.387 e. The predicted octanol–water partition coefficient (Wildman–Crippen LogP) is 2.42. The summed E-state index contributed by atoms with van der Waals surface area (Å²) < 4.78 is 33.9. The zero-order valence-electron chi connectivity index (χ0n) is 10.4. The van der Waals surface area contributed by atoms with E-state index in [0.29, 0.717) is 15.6 Å². The second kappa shape index (κ2) is 6.02. The first kappa shape index (κ1) is 14.5. The van der Waals surface area contributed by atoms with Gasteiger partial charge in [0.15, 0.2) is 16.6 Å². The number of rotatable bonds is 5. The smallest absolute Gasteiger partial charge is 0.387 e. The summed E-state index contributed by atoms with van der Waals surface area (Å²) in [5.41, 5.74) is 5.87. The molecule has 0 radical (unpaired) electrons. The van der Waals surface area contributed by atoms with Crippen molar-refractivity contribution in [3.05, 3.63) is 34.8 Å². The maximum absolute atomic E-state index is 12.3. The van der Waals surface area contributed by atoms with E-state index in [1.165, 1.54) is 25.4 Å². The molecule has 0 bridgehead atoms. The molecule has 5 nitrogen and oxygen atoms in total. The number of aliphatic hydroxyl groups is 1. The monoisotopic (exact) mass is 302 g/mol. The van der Waals surface area contributed by atoms with Gasteiger partial charge < -0.3 is 20.3 Å². The van der Waals surface area contributed by atoms with E-state index in [1.54, 1.807) is 6.07 Å². The quantitative estimate of drug-likeness (QED) is 0.887. The summed E-state index contributed by atoms with van der Waals surface area (Å²) in [5.74, 6) is 0.0154. The molecule has 0 amide bonds. The molecule has 8 heteroatoms. The predicted molar refractivity (Wildman–Crippen MR) is 70.2 cm³/mol. The highest BCUT2D eigenvalue weighted by Crippen LogP contribution is 2.34. The average molecular weight is 302 g/mol. The molecule has 20 heavy (non-hydrogen) atoms. The summed E-state index contributed by atoms with van der Waals surface area (Å²) in [6.07, 6.45) is 0.415. The van der Waals surface area contributed by atoms with Gasteiger partial charge in [0.05, 0.1) is 12.0 Å². The van der Waals surface area contributed by atoms with Gasteiger partial charge in [0.2, 0.25) is 0 Å². The van der Waals surface area contributed by atoms with Crippen molar-refractivity contribution in [2.24, 2.45) is 0 Å². The zero-order valence-corrected chi connectivity index (χ0v) is 11.2. The second-order valence-corrected chi connectivity index (χ2v) is 4.89. The molecule has 0 aliphatic rings. The largest absolute Gasteiger partial charge is 0.493 e. The lowest BCUT2D eigenvalue weighted by Crippen LogP contribution is -2.05. The average Bonchev–Trinajstić information content (AvgIpc) is 2.84. The van der Waals surface area contributed by atoms with E-state index in [9.17, 15) is 13.9 Å². The molecular formula is C12H12F2N2O3S. The Hall–Kier alpha value is -1.93. The fraction of sp³-hybridized carbons (Fsp3) is 0.250. The summed E-state index contributed by atoms with van der Waals surface area (Å²) in [6, 6.07) is 4.30. The van der Waals surface area contributed by atoms with Crippen LogP contribution in [0.3, 0.4) is 0 Å². The zero-order chi connectivity index (χ0) is 14.7. The number of thiazole rings is 1. The van der Waals surface area contributed by atoms with Crippen LogP contribution in [0.4, 0.5) is 13.9 Å². The molecule has 0 aliphatic heterocycles. The second-order valence-electron chi connectivity index (χ2n) is 3.79.